The molecule has 0 amide bonds. The Hall–Kier alpha value is -2.66. The molecule has 0 fully saturated rings. The van der Waals surface area contributed by atoms with Crippen LogP contribution in [0.4, 0.5) is 0 Å². The molecule has 1 aliphatic carbocycles. The van der Waals surface area contributed by atoms with Gasteiger partial charge in [0, 0.05) is 28.5 Å². The quantitative estimate of drug-likeness (QED) is 0.402. The molecule has 0 bridgehead atoms. The number of hydrogen-bond acceptors (Lipinski definition) is 3. The number of Topliss-reactive ketones (excluding diaryl/α,β-unsaturated/α-hetero) is 1. The van der Waals surface area contributed by atoms with E-state index in [-0.39, 0.29) is 17.9 Å². The van der Waals surface area contributed by atoms with Gasteiger partial charge in [-0.3, -0.25) is 14.2 Å². The van der Waals surface area contributed by atoms with Gasteiger partial charge in [0.1, 0.15) is 0 Å². The molecule has 30 heavy (non-hydrogen) atoms. The second kappa shape index (κ2) is 8.60. The molecule has 4 rings (SSSR count). The highest BCUT2D eigenvalue weighted by Crippen LogP contribution is 2.23. The van der Waals surface area contributed by atoms with E-state index in [2.05, 4.69) is 15.6 Å². The minimum atomic E-state index is -0.256. The van der Waals surface area contributed by atoms with Crippen molar-refractivity contribution in [1.82, 2.24) is 14.1 Å². The Labute approximate surface area is 181 Å². The lowest BCUT2D eigenvalue weighted by atomic mass is 9.97. The molecule has 1 aromatic carbocycles. The van der Waals surface area contributed by atoms with Gasteiger partial charge < -0.3 is 4.57 Å². The summed E-state index contributed by atoms with van der Waals surface area (Å²) in [5.41, 5.74) is 4.54. The average molecular weight is 424 g/mol. The Morgan fingerprint density at radius 1 is 1.20 bits per heavy atom. The lowest BCUT2D eigenvalue weighted by Gasteiger charge is -2.15. The van der Waals surface area contributed by atoms with Crippen LogP contribution in [0.3, 0.4) is 0 Å². The summed E-state index contributed by atoms with van der Waals surface area (Å²) in [6, 6.07) is 6.94. The van der Waals surface area contributed by atoms with Gasteiger partial charge in [-0.1, -0.05) is 23.3 Å². The number of halogens is 1. The predicted octanol–water partition coefficient (Wildman–Crippen LogP) is 5.24. The number of ketones is 1. The maximum atomic E-state index is 13.0. The monoisotopic (exact) mass is 423 g/mol. The summed E-state index contributed by atoms with van der Waals surface area (Å²) in [6.45, 7) is 4.86. The van der Waals surface area contributed by atoms with Gasteiger partial charge >= 0.3 is 0 Å². The largest absolute Gasteiger partial charge is 0.348 e. The molecule has 5 nitrogen and oxygen atoms in total. The van der Waals surface area contributed by atoms with Crippen molar-refractivity contribution in [2.75, 3.05) is 0 Å². The van der Waals surface area contributed by atoms with E-state index in [1.54, 1.807) is 18.2 Å². The van der Waals surface area contributed by atoms with Crippen LogP contribution in [-0.4, -0.2) is 19.9 Å². The molecule has 0 saturated heterocycles. The summed E-state index contributed by atoms with van der Waals surface area (Å²) >= 11 is 6.02. The van der Waals surface area contributed by atoms with Crippen LogP contribution in [0.2, 0.25) is 5.02 Å². The van der Waals surface area contributed by atoms with Crippen LogP contribution in [0.15, 0.2) is 47.0 Å². The third kappa shape index (κ3) is 4.12. The van der Waals surface area contributed by atoms with E-state index in [4.69, 9.17) is 11.6 Å². The van der Waals surface area contributed by atoms with E-state index < -0.39 is 0 Å². The number of aromatic nitrogens is 3. The smallest absolute Gasteiger partial charge is 0.261 e. The zero-order valence-corrected chi connectivity index (χ0v) is 18.2. The maximum Gasteiger partial charge on any atom is 0.261 e. The molecule has 0 saturated carbocycles. The molecule has 0 atom stereocenters. The summed E-state index contributed by atoms with van der Waals surface area (Å²) in [4.78, 5) is 30.1. The van der Waals surface area contributed by atoms with Crippen molar-refractivity contribution in [3.63, 3.8) is 0 Å². The van der Waals surface area contributed by atoms with E-state index in [0.29, 0.717) is 21.5 Å². The molecule has 2 heterocycles. The van der Waals surface area contributed by atoms with Crippen LogP contribution in [-0.2, 0) is 13.1 Å². The highest BCUT2D eigenvalue weighted by molar-refractivity contribution is 6.31. The number of nitrogens with zero attached hydrogens (tertiary/aromatic N) is 3. The first kappa shape index (κ1) is 20.6. The fourth-order valence-electron chi connectivity index (χ4n) is 4.30. The summed E-state index contributed by atoms with van der Waals surface area (Å²) in [6.07, 6.45) is 9.77. The summed E-state index contributed by atoms with van der Waals surface area (Å²) in [5, 5.41) is 0.895. The molecular formula is C24H26ClN3O2. The average Bonchev–Trinajstić information content (AvgIpc) is 3.03. The van der Waals surface area contributed by atoms with Crippen molar-refractivity contribution in [3.05, 3.63) is 74.6 Å². The second-order valence-electron chi connectivity index (χ2n) is 8.06. The van der Waals surface area contributed by atoms with Gasteiger partial charge in [-0.25, -0.2) is 4.98 Å². The van der Waals surface area contributed by atoms with Crippen molar-refractivity contribution in [1.29, 1.82) is 0 Å². The molecule has 6 heteroatoms. The number of allylic oxidation sites excluding steroid dienone is 2. The van der Waals surface area contributed by atoms with E-state index in [1.807, 2.05) is 19.9 Å². The van der Waals surface area contributed by atoms with Crippen molar-refractivity contribution in [3.8, 4) is 0 Å². The van der Waals surface area contributed by atoms with Crippen LogP contribution in [0, 0.1) is 13.8 Å². The number of hydrogen-bond donors (Lipinski definition) is 0. The highest BCUT2D eigenvalue weighted by Gasteiger charge is 2.17. The fraction of sp³-hybridized carbons (Fsp3) is 0.375. The van der Waals surface area contributed by atoms with Gasteiger partial charge in [0.15, 0.2) is 5.78 Å². The fourth-order valence-corrected chi connectivity index (χ4v) is 4.47. The van der Waals surface area contributed by atoms with Crippen molar-refractivity contribution in [2.24, 2.45) is 0 Å². The van der Waals surface area contributed by atoms with Gasteiger partial charge in [-0.2, -0.15) is 0 Å². The first-order valence-corrected chi connectivity index (χ1v) is 10.8. The summed E-state index contributed by atoms with van der Waals surface area (Å²) in [7, 11) is 0. The molecule has 156 valence electrons. The molecule has 0 radical (unpaired) electrons. The van der Waals surface area contributed by atoms with Crippen LogP contribution in [0.25, 0.3) is 10.9 Å². The minimum Gasteiger partial charge on any atom is -0.348 e. The maximum absolute atomic E-state index is 13.0. The van der Waals surface area contributed by atoms with Crippen molar-refractivity contribution < 1.29 is 4.79 Å². The van der Waals surface area contributed by atoms with Gasteiger partial charge in [0.25, 0.3) is 5.56 Å². The molecule has 0 aliphatic heterocycles. The first-order valence-electron chi connectivity index (χ1n) is 10.5. The minimum absolute atomic E-state index is 0.0380. The van der Waals surface area contributed by atoms with E-state index in [0.717, 1.165) is 24.4 Å². The zero-order valence-electron chi connectivity index (χ0n) is 17.4. The Morgan fingerprint density at radius 3 is 2.80 bits per heavy atom. The summed E-state index contributed by atoms with van der Waals surface area (Å²) in [5.74, 6) is -0.0866. The van der Waals surface area contributed by atoms with Gasteiger partial charge in [-0.15, -0.1) is 0 Å². The number of aryl methyl sites for hydroxylation is 1. The molecule has 1 aliphatic rings. The normalized spacial score (nSPS) is 14.2. The number of carbonyl (C=O) groups excluding carboxylic acids is 1. The number of benzene rings is 1. The lowest BCUT2D eigenvalue weighted by molar-refractivity contribution is 0.0970. The SMILES string of the molecule is Cc1cc(C(=O)Cn2cnc3ccc(Cl)cc3c2=O)c(C)n1CCC1=CCCCC1. The standard InChI is InChI=1S/C24H26ClN3O2/c1-16-12-20(17(2)28(16)11-10-18-6-4-3-5-7-18)23(29)14-27-15-26-22-9-8-19(25)13-21(22)24(27)30/h6,8-9,12-13,15H,3-5,7,10-11,14H2,1-2H3. The molecule has 0 unspecified atom stereocenters. The third-order valence-corrected chi connectivity index (χ3v) is 6.25. The van der Waals surface area contributed by atoms with Gasteiger partial charge in [0.05, 0.1) is 23.8 Å². The van der Waals surface area contributed by atoms with E-state index >= 15 is 0 Å². The number of rotatable bonds is 6. The molecule has 0 spiro atoms. The zero-order chi connectivity index (χ0) is 21.3. The van der Waals surface area contributed by atoms with E-state index in [1.165, 1.54) is 42.2 Å². The van der Waals surface area contributed by atoms with Crippen LogP contribution in [0.1, 0.15) is 53.8 Å². The van der Waals surface area contributed by atoms with Gasteiger partial charge in [-0.05, 0) is 70.2 Å². The molecule has 2 aromatic heterocycles. The van der Waals surface area contributed by atoms with Gasteiger partial charge in [0.2, 0.25) is 0 Å². The van der Waals surface area contributed by atoms with Crippen LogP contribution < -0.4 is 5.56 Å². The molecular weight excluding hydrogens is 398 g/mol. The first-order chi connectivity index (χ1) is 14.4. The van der Waals surface area contributed by atoms with Crippen molar-refractivity contribution in [2.45, 2.75) is 59.0 Å². The van der Waals surface area contributed by atoms with Crippen LogP contribution >= 0.6 is 11.6 Å². The Balaban J connectivity index is 1.55. The van der Waals surface area contributed by atoms with Crippen LogP contribution in [0.5, 0.6) is 0 Å². The van der Waals surface area contributed by atoms with Crippen molar-refractivity contribution >= 4 is 28.3 Å². The molecule has 0 N–H and O–H groups in total. The predicted molar refractivity (Wildman–Crippen MR) is 120 cm³/mol. The Morgan fingerprint density at radius 2 is 2.03 bits per heavy atom. The summed E-state index contributed by atoms with van der Waals surface area (Å²) < 4.78 is 3.57. The molecule has 3 aromatic rings. The van der Waals surface area contributed by atoms with E-state index in [9.17, 15) is 9.59 Å². The lowest BCUT2D eigenvalue weighted by Crippen LogP contribution is -2.25. The topological polar surface area (TPSA) is 56.9 Å². The highest BCUT2D eigenvalue weighted by atomic mass is 35.5. The second-order valence-corrected chi connectivity index (χ2v) is 8.49. The number of carbonyl (C=O) groups is 1. The Kier molecular flexibility index (Phi) is 5.91. The third-order valence-electron chi connectivity index (χ3n) is 6.02. The Bertz CT molecular complexity index is 1200. The number of fused-ring (bicyclic) bond motifs is 1.